The first-order valence-electron chi connectivity index (χ1n) is 12.3. The fourth-order valence-corrected chi connectivity index (χ4v) is 5.74. The topological polar surface area (TPSA) is 121 Å². The Labute approximate surface area is 214 Å². The van der Waals surface area contributed by atoms with Crippen LogP contribution in [0, 0.1) is 11.8 Å². The van der Waals surface area contributed by atoms with Gasteiger partial charge in [0.25, 0.3) is 0 Å². The van der Waals surface area contributed by atoms with Gasteiger partial charge >= 0.3 is 5.97 Å². The number of Topliss-reactive ketones (excluding diaryl/α,β-unsaturated/α-hetero) is 1. The molecule has 1 fully saturated rings. The van der Waals surface area contributed by atoms with Gasteiger partial charge in [-0.1, -0.05) is 25.3 Å². The average Bonchev–Trinajstić information content (AvgIpc) is 3.41. The van der Waals surface area contributed by atoms with E-state index in [4.69, 9.17) is 23.7 Å². The Morgan fingerprint density at radius 2 is 1.62 bits per heavy atom. The second-order valence-electron chi connectivity index (χ2n) is 9.50. The molecule has 2 aliphatic carbocycles. The Balaban J connectivity index is 1.80. The third-order valence-electron chi connectivity index (χ3n) is 7.64. The van der Waals surface area contributed by atoms with Crippen molar-refractivity contribution in [2.45, 2.75) is 37.7 Å². The molecule has 37 heavy (non-hydrogen) atoms. The number of benzene rings is 2. The van der Waals surface area contributed by atoms with Crippen LogP contribution < -0.4 is 18.9 Å². The first kappa shape index (κ1) is 25.0. The van der Waals surface area contributed by atoms with Crippen molar-refractivity contribution < 1.29 is 43.5 Å². The van der Waals surface area contributed by atoms with Crippen molar-refractivity contribution in [3.05, 3.63) is 52.6 Å². The number of ketones is 1. The minimum Gasteiger partial charge on any atom is -0.507 e. The lowest BCUT2D eigenvalue weighted by molar-refractivity contribution is -0.153. The molecule has 0 radical (unpaired) electrons. The summed E-state index contributed by atoms with van der Waals surface area (Å²) in [6, 6.07) is 7.81. The Bertz CT molecular complexity index is 1270. The number of carbonyl (C=O) groups is 2. The molecule has 0 saturated heterocycles. The molecule has 0 bridgehead atoms. The quantitative estimate of drug-likeness (QED) is 0.558. The molecule has 3 aliphatic rings. The molecule has 196 valence electrons. The molecule has 1 aliphatic heterocycles. The highest BCUT2D eigenvalue weighted by molar-refractivity contribution is 6.09. The van der Waals surface area contributed by atoms with Gasteiger partial charge < -0.3 is 33.9 Å². The van der Waals surface area contributed by atoms with Gasteiger partial charge in [-0.05, 0) is 42.7 Å². The van der Waals surface area contributed by atoms with Crippen molar-refractivity contribution in [2.75, 3.05) is 28.1 Å². The highest BCUT2D eigenvalue weighted by Crippen LogP contribution is 2.54. The van der Waals surface area contributed by atoms with E-state index < -0.39 is 17.5 Å². The number of methoxy groups -OCH3 is 3. The lowest BCUT2D eigenvalue weighted by Crippen LogP contribution is -2.48. The molecule has 2 aromatic carbocycles. The van der Waals surface area contributed by atoms with Crippen LogP contribution in [0.3, 0.4) is 0 Å². The van der Waals surface area contributed by atoms with Crippen molar-refractivity contribution in [1.29, 1.82) is 0 Å². The third-order valence-corrected chi connectivity index (χ3v) is 7.64. The maximum absolute atomic E-state index is 13.9. The normalized spacial score (nSPS) is 22.9. The van der Waals surface area contributed by atoms with Gasteiger partial charge in [0, 0.05) is 17.0 Å². The van der Waals surface area contributed by atoms with Crippen molar-refractivity contribution >= 4 is 17.5 Å². The number of aliphatic hydroxyl groups is 2. The predicted molar refractivity (Wildman–Crippen MR) is 132 cm³/mol. The number of esters is 1. The molecule has 2 atom stereocenters. The first-order chi connectivity index (χ1) is 17.8. The van der Waals surface area contributed by atoms with Gasteiger partial charge in [-0.2, -0.15) is 0 Å². The number of hydrogen-bond acceptors (Lipinski definition) is 9. The zero-order valence-corrected chi connectivity index (χ0v) is 21.0. The van der Waals surface area contributed by atoms with Crippen molar-refractivity contribution in [2.24, 2.45) is 11.8 Å². The van der Waals surface area contributed by atoms with Gasteiger partial charge in [-0.15, -0.1) is 0 Å². The van der Waals surface area contributed by atoms with Crippen LogP contribution in [-0.2, 0) is 19.9 Å². The lowest BCUT2D eigenvalue weighted by Gasteiger charge is -2.42. The molecule has 1 saturated carbocycles. The van der Waals surface area contributed by atoms with Gasteiger partial charge in [-0.25, -0.2) is 0 Å². The van der Waals surface area contributed by atoms with Crippen LogP contribution >= 0.6 is 0 Å². The Hall–Kier alpha value is -3.72. The van der Waals surface area contributed by atoms with E-state index in [1.165, 1.54) is 33.5 Å². The third kappa shape index (κ3) is 3.89. The second-order valence-corrected chi connectivity index (χ2v) is 9.50. The summed E-state index contributed by atoms with van der Waals surface area (Å²) in [4.78, 5) is 27.4. The molecule has 9 heteroatoms. The second kappa shape index (κ2) is 9.63. The molecule has 2 unspecified atom stereocenters. The molecule has 2 N–H and O–H groups in total. The highest BCUT2D eigenvalue weighted by Gasteiger charge is 2.55. The maximum atomic E-state index is 13.9. The van der Waals surface area contributed by atoms with Crippen LogP contribution in [0.15, 0.2) is 35.9 Å². The zero-order chi connectivity index (χ0) is 26.3. The number of aliphatic hydroxyl groups excluding tert-OH is 1. The Morgan fingerprint density at radius 3 is 2.27 bits per heavy atom. The van der Waals surface area contributed by atoms with E-state index in [1.54, 1.807) is 18.2 Å². The number of fused-ring (bicyclic) bond motifs is 2. The Morgan fingerprint density at radius 1 is 0.946 bits per heavy atom. The average molecular weight is 511 g/mol. The van der Waals surface area contributed by atoms with Crippen molar-refractivity contribution in [3.63, 3.8) is 0 Å². The van der Waals surface area contributed by atoms with Crippen LogP contribution in [0.1, 0.15) is 48.8 Å². The zero-order valence-electron chi connectivity index (χ0n) is 21.0. The van der Waals surface area contributed by atoms with E-state index in [9.17, 15) is 19.8 Å². The first-order valence-corrected chi connectivity index (χ1v) is 12.3. The molecular formula is C28H30O9. The van der Waals surface area contributed by atoms with Crippen LogP contribution in [0.5, 0.6) is 23.0 Å². The summed E-state index contributed by atoms with van der Waals surface area (Å²) in [5, 5.41) is 24.1. The molecule has 0 aromatic heterocycles. The molecular weight excluding hydrogens is 480 g/mol. The predicted octanol–water partition coefficient (Wildman–Crippen LogP) is 3.89. The summed E-state index contributed by atoms with van der Waals surface area (Å²) in [5.74, 6) is -2.06. The summed E-state index contributed by atoms with van der Waals surface area (Å²) in [5.41, 5.74) is -1.67. The van der Waals surface area contributed by atoms with E-state index >= 15 is 0 Å². The van der Waals surface area contributed by atoms with Crippen LogP contribution in [0.4, 0.5) is 0 Å². The number of hydrogen-bond donors (Lipinski definition) is 2. The molecule has 1 heterocycles. The summed E-state index contributed by atoms with van der Waals surface area (Å²) < 4.78 is 27.0. The van der Waals surface area contributed by atoms with Crippen LogP contribution in [-0.4, -0.2) is 50.1 Å². The SMILES string of the molecule is COC(=O)C1C(C(=O)C2CCCCC2)=C(O)c2cc3c(cc2C1(O)c1ccc(OC)c(OC)c1)OCO3. The monoisotopic (exact) mass is 510 g/mol. The van der Waals surface area contributed by atoms with E-state index in [2.05, 4.69) is 0 Å². The smallest absolute Gasteiger partial charge is 0.317 e. The number of carbonyl (C=O) groups excluding carboxylic acids is 2. The standard InChI is InChI=1S/C28H30O9/c1-33-19-10-9-16(11-20(19)34-2)28(32)18-13-22-21(36-14-37-22)12-17(18)26(30)23(24(28)27(31)35-3)25(29)15-7-5-4-6-8-15/h9-13,15,24,30,32H,4-8,14H2,1-3H3. The minimum atomic E-state index is -2.12. The summed E-state index contributed by atoms with van der Waals surface area (Å²) in [6.07, 6.45) is 4.07. The largest absolute Gasteiger partial charge is 0.507 e. The van der Waals surface area contributed by atoms with Gasteiger partial charge in [0.05, 0.1) is 26.9 Å². The Kier molecular flexibility index (Phi) is 6.49. The number of ether oxygens (including phenoxy) is 5. The molecule has 0 amide bonds. The van der Waals surface area contributed by atoms with E-state index in [-0.39, 0.29) is 46.5 Å². The van der Waals surface area contributed by atoms with E-state index in [0.717, 1.165) is 19.3 Å². The van der Waals surface area contributed by atoms with Gasteiger partial charge in [0.2, 0.25) is 6.79 Å². The highest BCUT2D eigenvalue weighted by atomic mass is 16.7. The van der Waals surface area contributed by atoms with E-state index in [0.29, 0.717) is 35.8 Å². The molecule has 9 nitrogen and oxygen atoms in total. The summed E-state index contributed by atoms with van der Waals surface area (Å²) in [6.45, 7) is -0.0359. The number of rotatable bonds is 6. The minimum absolute atomic E-state index is 0.0359. The molecule has 0 spiro atoms. The van der Waals surface area contributed by atoms with E-state index in [1.807, 2.05) is 0 Å². The molecule has 2 aromatic rings. The van der Waals surface area contributed by atoms with Gasteiger partial charge in [-0.3, -0.25) is 9.59 Å². The fraction of sp³-hybridized carbons (Fsp3) is 0.429. The van der Waals surface area contributed by atoms with Crippen molar-refractivity contribution in [3.8, 4) is 23.0 Å². The fourth-order valence-electron chi connectivity index (χ4n) is 5.74. The van der Waals surface area contributed by atoms with Gasteiger partial charge in [0.15, 0.2) is 28.8 Å². The summed E-state index contributed by atoms with van der Waals surface area (Å²) >= 11 is 0. The van der Waals surface area contributed by atoms with Gasteiger partial charge in [0.1, 0.15) is 17.3 Å². The van der Waals surface area contributed by atoms with Crippen LogP contribution in [0.2, 0.25) is 0 Å². The summed E-state index contributed by atoms with van der Waals surface area (Å²) in [7, 11) is 4.13. The van der Waals surface area contributed by atoms with Crippen molar-refractivity contribution in [1.82, 2.24) is 0 Å². The lowest BCUT2D eigenvalue weighted by atomic mass is 9.64. The van der Waals surface area contributed by atoms with Crippen LogP contribution in [0.25, 0.3) is 5.76 Å². The maximum Gasteiger partial charge on any atom is 0.317 e. The molecule has 5 rings (SSSR count).